The number of rotatable bonds is 5. The molecule has 0 aromatic carbocycles. The summed E-state index contributed by atoms with van der Waals surface area (Å²) >= 11 is 0. The highest BCUT2D eigenvalue weighted by Gasteiger charge is 2.22. The normalized spacial score (nSPS) is 13.9. The van der Waals surface area contributed by atoms with E-state index in [0.717, 1.165) is 11.3 Å². The minimum absolute atomic E-state index is 0.247. The highest BCUT2D eigenvalue weighted by Crippen LogP contribution is 2.19. The van der Waals surface area contributed by atoms with Crippen LogP contribution in [0.15, 0.2) is 18.3 Å². The molecule has 1 aromatic heterocycles. The van der Waals surface area contributed by atoms with Crippen molar-refractivity contribution in [2.24, 2.45) is 0 Å². The van der Waals surface area contributed by atoms with Gasteiger partial charge in [-0.25, -0.2) is 13.1 Å². The van der Waals surface area contributed by atoms with Gasteiger partial charge in [-0.2, -0.15) is 0 Å². The Balaban J connectivity index is 2.99. The monoisotopic (exact) mass is 256 g/mol. The van der Waals surface area contributed by atoms with Gasteiger partial charge in [0.1, 0.15) is 0 Å². The molecule has 0 aliphatic carbocycles. The van der Waals surface area contributed by atoms with Crippen molar-refractivity contribution in [3.63, 3.8) is 0 Å². The number of aryl methyl sites for hydroxylation is 1. The van der Waals surface area contributed by atoms with E-state index in [1.54, 1.807) is 20.0 Å². The summed E-state index contributed by atoms with van der Waals surface area (Å²) in [5.41, 5.74) is 1.81. The predicted octanol–water partition coefficient (Wildman–Crippen LogP) is 2.17. The molecule has 1 heterocycles. The molecule has 1 N–H and O–H groups in total. The van der Waals surface area contributed by atoms with Crippen molar-refractivity contribution < 1.29 is 8.42 Å². The Labute approximate surface area is 104 Å². The van der Waals surface area contributed by atoms with Crippen molar-refractivity contribution in [3.05, 3.63) is 29.6 Å². The zero-order valence-corrected chi connectivity index (χ0v) is 11.6. The van der Waals surface area contributed by atoms with E-state index < -0.39 is 15.3 Å². The molecular formula is C12H20N2O2S. The van der Waals surface area contributed by atoms with E-state index in [0.29, 0.717) is 6.42 Å². The Kier molecular flexibility index (Phi) is 4.65. The summed E-state index contributed by atoms with van der Waals surface area (Å²) in [6.45, 7) is 7.22. The fourth-order valence-corrected chi connectivity index (χ4v) is 2.48. The number of hydrogen-bond donors (Lipinski definition) is 1. The van der Waals surface area contributed by atoms with Crippen LogP contribution in [0.1, 0.15) is 44.5 Å². The first kappa shape index (κ1) is 14.1. The van der Waals surface area contributed by atoms with E-state index in [-0.39, 0.29) is 6.04 Å². The number of sulfonamides is 1. The zero-order chi connectivity index (χ0) is 13.1. The molecular weight excluding hydrogens is 236 g/mol. The lowest BCUT2D eigenvalue weighted by atomic mass is 10.1. The smallest absolute Gasteiger partial charge is 0.214 e. The van der Waals surface area contributed by atoms with Gasteiger partial charge in [0.25, 0.3) is 0 Å². The van der Waals surface area contributed by atoms with Gasteiger partial charge < -0.3 is 0 Å². The van der Waals surface area contributed by atoms with Crippen molar-refractivity contribution in [2.75, 3.05) is 0 Å². The lowest BCUT2D eigenvalue weighted by Gasteiger charge is -2.19. The van der Waals surface area contributed by atoms with Crippen LogP contribution in [0.5, 0.6) is 0 Å². The maximum Gasteiger partial charge on any atom is 0.214 e. The van der Waals surface area contributed by atoms with Crippen molar-refractivity contribution in [1.82, 2.24) is 9.71 Å². The second kappa shape index (κ2) is 5.60. The second-order valence-electron chi connectivity index (χ2n) is 4.38. The highest BCUT2D eigenvalue weighted by molar-refractivity contribution is 7.90. The van der Waals surface area contributed by atoms with Crippen LogP contribution >= 0.6 is 0 Å². The van der Waals surface area contributed by atoms with Gasteiger partial charge in [-0.3, -0.25) is 4.98 Å². The average molecular weight is 256 g/mol. The molecule has 0 bridgehead atoms. The van der Waals surface area contributed by atoms with Crippen LogP contribution in [0.25, 0.3) is 0 Å². The third-order valence-electron chi connectivity index (χ3n) is 2.72. The summed E-state index contributed by atoms with van der Waals surface area (Å²) in [5.74, 6) is 0. The molecule has 0 saturated carbocycles. The lowest BCUT2D eigenvalue weighted by Crippen LogP contribution is -2.34. The average Bonchev–Trinajstić information content (AvgIpc) is 2.26. The standard InChI is InChI=1S/C12H20N2O2S/c1-5-11(14-17(15,16)9(2)3)12-10(4)7-6-8-13-12/h6-9,11,14H,5H2,1-4H3/t11-/m0/s1. The fourth-order valence-electron chi connectivity index (χ4n) is 1.53. The van der Waals surface area contributed by atoms with Gasteiger partial charge in [0.05, 0.1) is 17.0 Å². The quantitative estimate of drug-likeness (QED) is 0.878. The van der Waals surface area contributed by atoms with E-state index in [1.807, 2.05) is 26.0 Å². The molecule has 4 nitrogen and oxygen atoms in total. The first-order valence-electron chi connectivity index (χ1n) is 5.81. The summed E-state index contributed by atoms with van der Waals surface area (Å²) in [7, 11) is -3.26. The molecule has 0 amide bonds. The second-order valence-corrected chi connectivity index (χ2v) is 6.65. The summed E-state index contributed by atoms with van der Waals surface area (Å²) in [4.78, 5) is 4.27. The molecule has 0 aliphatic rings. The predicted molar refractivity (Wildman–Crippen MR) is 69.2 cm³/mol. The van der Waals surface area contributed by atoms with Crippen LogP contribution in [0.2, 0.25) is 0 Å². The maximum absolute atomic E-state index is 11.8. The van der Waals surface area contributed by atoms with Crippen molar-refractivity contribution in [3.8, 4) is 0 Å². The van der Waals surface area contributed by atoms with Gasteiger partial charge in [-0.1, -0.05) is 13.0 Å². The van der Waals surface area contributed by atoms with E-state index in [4.69, 9.17) is 0 Å². The SMILES string of the molecule is CC[C@H](NS(=O)(=O)C(C)C)c1ncccc1C. The lowest BCUT2D eigenvalue weighted by molar-refractivity contribution is 0.536. The molecule has 5 heteroatoms. The molecule has 1 rings (SSSR count). The molecule has 1 atom stereocenters. The van der Waals surface area contributed by atoms with Crippen molar-refractivity contribution in [1.29, 1.82) is 0 Å². The topological polar surface area (TPSA) is 59.1 Å². The minimum atomic E-state index is -3.26. The van der Waals surface area contributed by atoms with Crippen LogP contribution < -0.4 is 4.72 Å². The van der Waals surface area contributed by atoms with Crippen LogP contribution in [0.3, 0.4) is 0 Å². The summed E-state index contributed by atoms with van der Waals surface area (Å²) in [6, 6.07) is 3.54. The fraction of sp³-hybridized carbons (Fsp3) is 0.583. The van der Waals surface area contributed by atoms with Crippen molar-refractivity contribution >= 4 is 10.0 Å². The first-order valence-corrected chi connectivity index (χ1v) is 7.35. The number of pyridine rings is 1. The minimum Gasteiger partial charge on any atom is -0.259 e. The molecule has 0 radical (unpaired) electrons. The van der Waals surface area contributed by atoms with Crippen LogP contribution in [-0.2, 0) is 10.0 Å². The van der Waals surface area contributed by atoms with Gasteiger partial charge in [-0.15, -0.1) is 0 Å². The van der Waals surface area contributed by atoms with Crippen LogP contribution in [0.4, 0.5) is 0 Å². The molecule has 17 heavy (non-hydrogen) atoms. The first-order chi connectivity index (χ1) is 7.88. The van der Waals surface area contributed by atoms with Gasteiger partial charge in [0.15, 0.2) is 0 Å². The summed E-state index contributed by atoms with van der Waals surface area (Å²) in [6.07, 6.45) is 2.37. The zero-order valence-electron chi connectivity index (χ0n) is 10.8. The van der Waals surface area contributed by atoms with E-state index >= 15 is 0 Å². The maximum atomic E-state index is 11.8. The molecule has 0 spiro atoms. The molecule has 0 fully saturated rings. The Morgan fingerprint density at radius 3 is 2.53 bits per heavy atom. The number of aromatic nitrogens is 1. The molecule has 0 saturated heterocycles. The highest BCUT2D eigenvalue weighted by atomic mass is 32.2. The molecule has 1 aromatic rings. The summed E-state index contributed by atoms with van der Waals surface area (Å²) < 4.78 is 26.4. The number of nitrogens with zero attached hydrogens (tertiary/aromatic N) is 1. The Morgan fingerprint density at radius 2 is 2.06 bits per heavy atom. The largest absolute Gasteiger partial charge is 0.259 e. The van der Waals surface area contributed by atoms with E-state index in [2.05, 4.69) is 9.71 Å². The molecule has 96 valence electrons. The van der Waals surface area contributed by atoms with Crippen LogP contribution in [-0.4, -0.2) is 18.7 Å². The third-order valence-corrected chi connectivity index (χ3v) is 4.57. The summed E-state index contributed by atoms with van der Waals surface area (Å²) in [5, 5.41) is -0.430. The van der Waals surface area contributed by atoms with Gasteiger partial charge >= 0.3 is 0 Å². The number of hydrogen-bond acceptors (Lipinski definition) is 3. The number of nitrogens with one attached hydrogen (secondary N) is 1. The van der Waals surface area contributed by atoms with Crippen molar-refractivity contribution in [2.45, 2.75) is 45.4 Å². The Morgan fingerprint density at radius 1 is 1.41 bits per heavy atom. The Hall–Kier alpha value is -0.940. The van der Waals surface area contributed by atoms with Gasteiger partial charge in [0.2, 0.25) is 10.0 Å². The van der Waals surface area contributed by atoms with Crippen LogP contribution in [0, 0.1) is 6.92 Å². The molecule has 0 aliphatic heterocycles. The third kappa shape index (κ3) is 3.51. The van der Waals surface area contributed by atoms with E-state index in [9.17, 15) is 8.42 Å². The van der Waals surface area contributed by atoms with Gasteiger partial charge in [-0.05, 0) is 38.8 Å². The molecule has 0 unspecified atom stereocenters. The van der Waals surface area contributed by atoms with E-state index in [1.165, 1.54) is 0 Å². The Bertz CT molecular complexity index is 469. The van der Waals surface area contributed by atoms with Gasteiger partial charge in [0, 0.05) is 6.20 Å².